The first kappa shape index (κ1) is 12.8. The number of anilines is 1. The molecule has 0 saturated carbocycles. The Bertz CT molecular complexity index is 813. The molecule has 0 aliphatic carbocycles. The van der Waals surface area contributed by atoms with Gasteiger partial charge in [-0.15, -0.1) is 0 Å². The molecule has 0 fully saturated rings. The number of hydrogen-bond donors (Lipinski definition) is 2. The Labute approximate surface area is 121 Å². The number of nitriles is 1. The molecule has 0 aliphatic heterocycles. The third kappa shape index (κ3) is 2.32. The van der Waals surface area contributed by atoms with Crippen LogP contribution in [0.5, 0.6) is 0 Å². The topological polar surface area (TPSA) is 104 Å². The van der Waals surface area contributed by atoms with Crippen molar-refractivity contribution in [3.8, 4) is 28.7 Å². The monoisotopic (exact) mass is 276 g/mol. The number of H-pyrrole nitrogens is 1. The highest BCUT2D eigenvalue weighted by Gasteiger charge is 2.14. The number of hydrogen-bond acceptors (Lipinski definition) is 5. The van der Waals surface area contributed by atoms with Crippen LogP contribution >= 0.6 is 0 Å². The smallest absolute Gasteiger partial charge is 0.142 e. The summed E-state index contributed by atoms with van der Waals surface area (Å²) in [5.74, 6) is 0.182. The van der Waals surface area contributed by atoms with E-state index in [4.69, 9.17) is 5.73 Å². The number of nitrogens with one attached hydrogen (secondary N) is 1. The van der Waals surface area contributed by atoms with Crippen molar-refractivity contribution >= 4 is 5.82 Å². The van der Waals surface area contributed by atoms with Crippen LogP contribution in [0.2, 0.25) is 0 Å². The van der Waals surface area contributed by atoms with E-state index in [-0.39, 0.29) is 5.82 Å². The molecule has 3 aromatic heterocycles. The summed E-state index contributed by atoms with van der Waals surface area (Å²) in [5, 5.41) is 9.28. The van der Waals surface area contributed by atoms with Gasteiger partial charge in [-0.3, -0.25) is 4.98 Å². The molecule has 0 bridgehead atoms. The van der Waals surface area contributed by atoms with E-state index < -0.39 is 0 Å². The molecule has 3 heterocycles. The standard InChI is InChI=1S/C15H12N6/c1-9-2-3-12(19-6-9)13-4-10(14-7-18-8-20-14)11(5-16)15(17)21-13/h2-4,6-8H,1H3,(H2,17,21)(H,18,20). The molecule has 0 amide bonds. The van der Waals surface area contributed by atoms with Crippen molar-refractivity contribution in [3.05, 3.63) is 48.0 Å². The van der Waals surface area contributed by atoms with Crippen LogP contribution in [0.4, 0.5) is 5.82 Å². The molecule has 0 spiro atoms. The molecule has 3 rings (SSSR count). The average Bonchev–Trinajstić information content (AvgIpc) is 3.01. The zero-order valence-corrected chi connectivity index (χ0v) is 11.3. The molecule has 0 aromatic carbocycles. The van der Waals surface area contributed by atoms with E-state index in [0.717, 1.165) is 5.56 Å². The summed E-state index contributed by atoms with van der Waals surface area (Å²) in [6.07, 6.45) is 4.96. The highest BCUT2D eigenvalue weighted by atomic mass is 14.9. The van der Waals surface area contributed by atoms with Gasteiger partial charge in [0.2, 0.25) is 0 Å². The van der Waals surface area contributed by atoms with Gasteiger partial charge in [-0.05, 0) is 24.6 Å². The van der Waals surface area contributed by atoms with Crippen molar-refractivity contribution in [2.75, 3.05) is 5.73 Å². The van der Waals surface area contributed by atoms with Crippen LogP contribution in [0.1, 0.15) is 11.1 Å². The summed E-state index contributed by atoms with van der Waals surface area (Å²) in [7, 11) is 0. The minimum Gasteiger partial charge on any atom is -0.383 e. The van der Waals surface area contributed by atoms with E-state index in [1.54, 1.807) is 24.8 Å². The highest BCUT2D eigenvalue weighted by Crippen LogP contribution is 2.29. The summed E-state index contributed by atoms with van der Waals surface area (Å²) < 4.78 is 0. The first-order chi connectivity index (χ1) is 10.2. The Morgan fingerprint density at radius 2 is 2.10 bits per heavy atom. The zero-order valence-electron chi connectivity index (χ0n) is 11.3. The number of nitrogens with zero attached hydrogens (tertiary/aromatic N) is 4. The number of aryl methyl sites for hydroxylation is 1. The predicted molar refractivity (Wildman–Crippen MR) is 78.9 cm³/mol. The number of rotatable bonds is 2. The third-order valence-electron chi connectivity index (χ3n) is 3.12. The molecule has 102 valence electrons. The summed E-state index contributed by atoms with van der Waals surface area (Å²) in [4.78, 5) is 15.6. The molecule has 0 unspecified atom stereocenters. The first-order valence-corrected chi connectivity index (χ1v) is 6.31. The van der Waals surface area contributed by atoms with Gasteiger partial charge in [-0.2, -0.15) is 5.26 Å². The summed E-state index contributed by atoms with van der Waals surface area (Å²) in [5.41, 5.74) is 10.0. The van der Waals surface area contributed by atoms with Crippen LogP contribution in [-0.2, 0) is 0 Å². The van der Waals surface area contributed by atoms with E-state index in [1.807, 2.05) is 19.1 Å². The second-order valence-electron chi connectivity index (χ2n) is 4.61. The molecule has 0 atom stereocenters. The van der Waals surface area contributed by atoms with Gasteiger partial charge in [0.1, 0.15) is 17.5 Å². The molecule has 0 radical (unpaired) electrons. The van der Waals surface area contributed by atoms with Gasteiger partial charge in [0.25, 0.3) is 0 Å². The molecular formula is C15H12N6. The van der Waals surface area contributed by atoms with E-state index in [2.05, 4.69) is 26.0 Å². The second kappa shape index (κ2) is 5.06. The van der Waals surface area contributed by atoms with Crippen LogP contribution < -0.4 is 5.73 Å². The lowest BCUT2D eigenvalue weighted by atomic mass is 10.0. The molecule has 3 N–H and O–H groups in total. The van der Waals surface area contributed by atoms with Gasteiger partial charge < -0.3 is 10.7 Å². The zero-order chi connectivity index (χ0) is 14.8. The lowest BCUT2D eigenvalue weighted by Gasteiger charge is -2.08. The Morgan fingerprint density at radius 3 is 2.71 bits per heavy atom. The fraction of sp³-hybridized carbons (Fsp3) is 0.0667. The maximum atomic E-state index is 9.28. The number of aromatic amines is 1. The van der Waals surface area contributed by atoms with E-state index in [9.17, 15) is 5.26 Å². The maximum absolute atomic E-state index is 9.28. The molecule has 0 saturated heterocycles. The highest BCUT2D eigenvalue weighted by molar-refractivity contribution is 5.77. The Balaban J connectivity index is 2.21. The fourth-order valence-corrected chi connectivity index (χ4v) is 2.05. The largest absolute Gasteiger partial charge is 0.383 e. The van der Waals surface area contributed by atoms with E-state index >= 15 is 0 Å². The van der Waals surface area contributed by atoms with Gasteiger partial charge in [0, 0.05) is 11.8 Å². The number of nitrogens with two attached hydrogens (primary N) is 1. The Morgan fingerprint density at radius 1 is 1.24 bits per heavy atom. The van der Waals surface area contributed by atoms with Crippen LogP contribution in [0.3, 0.4) is 0 Å². The molecule has 21 heavy (non-hydrogen) atoms. The van der Waals surface area contributed by atoms with E-state index in [1.165, 1.54) is 0 Å². The minimum atomic E-state index is 0.182. The van der Waals surface area contributed by atoms with Gasteiger partial charge in [0.15, 0.2) is 0 Å². The number of imidazole rings is 1. The van der Waals surface area contributed by atoms with Crippen molar-refractivity contribution in [1.29, 1.82) is 5.26 Å². The fourth-order valence-electron chi connectivity index (χ4n) is 2.05. The van der Waals surface area contributed by atoms with Crippen molar-refractivity contribution < 1.29 is 0 Å². The van der Waals surface area contributed by atoms with Crippen molar-refractivity contribution in [1.82, 2.24) is 19.9 Å². The Hall–Kier alpha value is -3.20. The van der Waals surface area contributed by atoms with Crippen LogP contribution in [0.25, 0.3) is 22.6 Å². The van der Waals surface area contributed by atoms with Crippen molar-refractivity contribution in [2.24, 2.45) is 0 Å². The predicted octanol–water partition coefficient (Wildman–Crippen LogP) is 2.30. The second-order valence-corrected chi connectivity index (χ2v) is 4.61. The minimum absolute atomic E-state index is 0.182. The molecule has 6 nitrogen and oxygen atoms in total. The lowest BCUT2D eigenvalue weighted by Crippen LogP contribution is -2.00. The summed E-state index contributed by atoms with van der Waals surface area (Å²) in [6.45, 7) is 1.97. The van der Waals surface area contributed by atoms with Gasteiger partial charge in [0.05, 0.1) is 29.6 Å². The lowest BCUT2D eigenvalue weighted by molar-refractivity contribution is 1.22. The van der Waals surface area contributed by atoms with Crippen LogP contribution in [0, 0.1) is 18.3 Å². The van der Waals surface area contributed by atoms with E-state index in [0.29, 0.717) is 28.2 Å². The average molecular weight is 276 g/mol. The number of pyridine rings is 2. The van der Waals surface area contributed by atoms with Gasteiger partial charge in [-0.1, -0.05) is 6.07 Å². The van der Waals surface area contributed by atoms with Crippen molar-refractivity contribution in [3.63, 3.8) is 0 Å². The van der Waals surface area contributed by atoms with Crippen LogP contribution in [-0.4, -0.2) is 19.9 Å². The third-order valence-corrected chi connectivity index (χ3v) is 3.12. The van der Waals surface area contributed by atoms with Gasteiger partial charge >= 0.3 is 0 Å². The maximum Gasteiger partial charge on any atom is 0.142 e. The SMILES string of the molecule is Cc1ccc(-c2cc(-c3cnc[nH]3)c(C#N)c(N)n2)nc1. The molecule has 6 heteroatoms. The summed E-state index contributed by atoms with van der Waals surface area (Å²) in [6, 6.07) is 7.70. The van der Waals surface area contributed by atoms with Gasteiger partial charge in [-0.25, -0.2) is 9.97 Å². The normalized spacial score (nSPS) is 10.3. The van der Waals surface area contributed by atoms with Crippen molar-refractivity contribution in [2.45, 2.75) is 6.92 Å². The quantitative estimate of drug-likeness (QED) is 0.747. The Kier molecular flexibility index (Phi) is 3.09. The molecule has 3 aromatic rings. The number of aromatic nitrogens is 4. The first-order valence-electron chi connectivity index (χ1n) is 6.31. The molecular weight excluding hydrogens is 264 g/mol. The molecule has 0 aliphatic rings. The summed E-state index contributed by atoms with van der Waals surface area (Å²) >= 11 is 0. The number of nitrogen functional groups attached to an aromatic ring is 1. The van der Waals surface area contributed by atoms with Crippen LogP contribution in [0.15, 0.2) is 36.9 Å².